The van der Waals surface area contributed by atoms with E-state index in [-0.39, 0.29) is 23.9 Å². The third kappa shape index (κ3) is 27.4. The van der Waals surface area contributed by atoms with Gasteiger partial charge in [0.25, 0.3) is 0 Å². The number of aliphatic hydroxyl groups is 3. The van der Waals surface area contributed by atoms with E-state index in [1.165, 1.54) is 167 Å². The summed E-state index contributed by atoms with van der Waals surface area (Å²) in [4.78, 5) is 13.2. The van der Waals surface area contributed by atoms with Crippen molar-refractivity contribution in [3.05, 3.63) is 11.3 Å². The van der Waals surface area contributed by atoms with Gasteiger partial charge in [0.15, 0.2) is 0 Å². The van der Waals surface area contributed by atoms with Crippen molar-refractivity contribution in [1.82, 2.24) is 0 Å². The molecule has 0 aliphatic heterocycles. The first-order valence-electron chi connectivity index (χ1n) is 19.7. The smallest absolute Gasteiger partial charge is 0.140 e. The van der Waals surface area contributed by atoms with Crippen LogP contribution in [0.1, 0.15) is 220 Å². The highest BCUT2D eigenvalue weighted by Crippen LogP contribution is 2.24. The average Bonchev–Trinajstić information content (AvgIpc) is 3.03. The molecule has 4 heteroatoms. The lowest BCUT2D eigenvalue weighted by Crippen LogP contribution is -2.19. The topological polar surface area (TPSA) is 77.8 Å². The van der Waals surface area contributed by atoms with Crippen molar-refractivity contribution in [1.29, 1.82) is 0 Å². The number of unbranched alkanes of at least 4 members (excludes halogenated alkanes) is 26. The quantitative estimate of drug-likeness (QED) is 0.0485. The molecular formula is C40H78O4. The number of rotatable bonds is 35. The predicted octanol–water partition coefficient (Wildman–Crippen LogP) is 12.5. The number of carbonyl (C=O) groups excluding carboxylic acids is 1. The second-order valence-electron chi connectivity index (χ2n) is 14.0. The molecular weight excluding hydrogens is 544 g/mol. The van der Waals surface area contributed by atoms with Crippen LogP contribution in [0.3, 0.4) is 0 Å². The molecule has 0 radical (unpaired) electrons. The van der Waals surface area contributed by atoms with Crippen molar-refractivity contribution in [2.45, 2.75) is 226 Å². The van der Waals surface area contributed by atoms with Crippen molar-refractivity contribution in [3.8, 4) is 0 Å². The summed E-state index contributed by atoms with van der Waals surface area (Å²) < 4.78 is 0. The minimum Gasteiger partial charge on any atom is -0.510 e. The van der Waals surface area contributed by atoms with Crippen LogP contribution in [0, 0.1) is 5.92 Å². The van der Waals surface area contributed by atoms with Crippen LogP contribution in [-0.2, 0) is 4.79 Å². The standard InChI is InChI=1S/C40H78O4/c1-4-6-8-10-12-14-16-18-20-22-24-26-28-30-32-37(38(42)34-36(3)40(44)39(43)35-41)33-31-29-27-25-23-21-19-17-15-13-11-9-7-5-2/h37,39,41,43-44H,4-35H2,1-3H3/b40-36-. The summed E-state index contributed by atoms with van der Waals surface area (Å²) in [5.41, 5.74) is 0.489. The number of hydrogen-bond acceptors (Lipinski definition) is 4. The molecule has 0 aromatic carbocycles. The summed E-state index contributed by atoms with van der Waals surface area (Å²) in [5, 5.41) is 29.1. The molecule has 0 saturated heterocycles. The van der Waals surface area contributed by atoms with Gasteiger partial charge in [-0.15, -0.1) is 0 Å². The maximum atomic E-state index is 13.2. The van der Waals surface area contributed by atoms with Crippen molar-refractivity contribution < 1.29 is 20.1 Å². The van der Waals surface area contributed by atoms with Crippen LogP contribution in [0.5, 0.6) is 0 Å². The molecule has 0 aliphatic carbocycles. The maximum Gasteiger partial charge on any atom is 0.140 e. The fourth-order valence-electron chi connectivity index (χ4n) is 6.50. The van der Waals surface area contributed by atoms with E-state index in [0.29, 0.717) is 5.57 Å². The van der Waals surface area contributed by atoms with Gasteiger partial charge >= 0.3 is 0 Å². The first-order chi connectivity index (χ1) is 21.5. The van der Waals surface area contributed by atoms with Gasteiger partial charge in [0.05, 0.1) is 6.61 Å². The molecule has 0 spiro atoms. The van der Waals surface area contributed by atoms with Gasteiger partial charge in [-0.25, -0.2) is 0 Å². The molecule has 1 unspecified atom stereocenters. The highest BCUT2D eigenvalue weighted by molar-refractivity contribution is 5.83. The summed E-state index contributed by atoms with van der Waals surface area (Å²) >= 11 is 0. The van der Waals surface area contributed by atoms with Crippen LogP contribution < -0.4 is 0 Å². The monoisotopic (exact) mass is 623 g/mol. The van der Waals surface area contributed by atoms with E-state index >= 15 is 0 Å². The normalized spacial score (nSPS) is 13.0. The molecule has 4 nitrogen and oxygen atoms in total. The molecule has 0 rings (SSSR count). The van der Waals surface area contributed by atoms with E-state index in [4.69, 9.17) is 5.11 Å². The number of hydrogen-bond donors (Lipinski definition) is 3. The molecule has 0 aromatic rings. The van der Waals surface area contributed by atoms with Crippen LogP contribution >= 0.6 is 0 Å². The lowest BCUT2D eigenvalue weighted by molar-refractivity contribution is -0.122. The molecule has 0 heterocycles. The molecule has 0 amide bonds. The number of carbonyl (C=O) groups is 1. The molecule has 1 atom stereocenters. The van der Waals surface area contributed by atoms with Crippen LogP contribution in [0.25, 0.3) is 0 Å². The fraction of sp³-hybridized carbons (Fsp3) is 0.925. The molecule has 262 valence electrons. The van der Waals surface area contributed by atoms with E-state index < -0.39 is 12.7 Å². The minimum atomic E-state index is -1.29. The Labute approximate surface area is 275 Å². The second kappa shape index (κ2) is 33.5. The Morgan fingerprint density at radius 1 is 0.500 bits per heavy atom. The summed E-state index contributed by atoms with van der Waals surface area (Å²) in [6.07, 6.45) is 38.2. The van der Waals surface area contributed by atoms with Gasteiger partial charge in [-0.1, -0.05) is 194 Å². The van der Waals surface area contributed by atoms with E-state index in [1.54, 1.807) is 6.92 Å². The van der Waals surface area contributed by atoms with Gasteiger partial charge in [0, 0.05) is 12.3 Å². The minimum absolute atomic E-state index is 0.0404. The number of allylic oxidation sites excluding steroid dienone is 1. The Balaban J connectivity index is 4.20. The lowest BCUT2D eigenvalue weighted by Gasteiger charge is -2.17. The van der Waals surface area contributed by atoms with Gasteiger partial charge in [-0.2, -0.15) is 0 Å². The fourth-order valence-corrected chi connectivity index (χ4v) is 6.50. The summed E-state index contributed by atoms with van der Waals surface area (Å²) in [7, 11) is 0. The Morgan fingerprint density at radius 2 is 0.773 bits per heavy atom. The zero-order chi connectivity index (χ0) is 32.5. The van der Waals surface area contributed by atoms with Crippen molar-refractivity contribution in [2.24, 2.45) is 5.92 Å². The number of Topliss-reactive ketones (excluding diaryl/α,β-unsaturated/α-hetero) is 1. The number of aliphatic hydroxyl groups excluding tert-OH is 3. The van der Waals surface area contributed by atoms with Crippen LogP contribution in [0.4, 0.5) is 0 Å². The van der Waals surface area contributed by atoms with Crippen LogP contribution in [0.15, 0.2) is 11.3 Å². The lowest BCUT2D eigenvalue weighted by atomic mass is 9.87. The Kier molecular flexibility index (Phi) is 32.8. The molecule has 44 heavy (non-hydrogen) atoms. The highest BCUT2D eigenvalue weighted by Gasteiger charge is 2.21. The Hall–Kier alpha value is -0.870. The predicted molar refractivity (Wildman–Crippen MR) is 191 cm³/mol. The summed E-state index contributed by atoms with van der Waals surface area (Å²) in [5.74, 6) is -0.0187. The van der Waals surface area contributed by atoms with Crippen molar-refractivity contribution in [2.75, 3.05) is 6.61 Å². The first-order valence-corrected chi connectivity index (χ1v) is 19.7. The van der Waals surface area contributed by atoms with Gasteiger partial charge in [-0.3, -0.25) is 4.79 Å². The Bertz CT molecular complexity index is 611. The zero-order valence-electron chi connectivity index (χ0n) is 30.0. The molecule has 0 bridgehead atoms. The van der Waals surface area contributed by atoms with E-state index in [1.807, 2.05) is 0 Å². The summed E-state index contributed by atoms with van der Waals surface area (Å²) in [6.45, 7) is 5.72. The van der Waals surface area contributed by atoms with Crippen LogP contribution in [0.2, 0.25) is 0 Å². The van der Waals surface area contributed by atoms with E-state index in [9.17, 15) is 15.0 Å². The van der Waals surface area contributed by atoms with Crippen molar-refractivity contribution >= 4 is 5.78 Å². The molecule has 0 aromatic heterocycles. The molecule has 0 fully saturated rings. The third-order valence-corrected chi connectivity index (χ3v) is 9.63. The Morgan fingerprint density at radius 3 is 1.05 bits per heavy atom. The molecule has 3 N–H and O–H groups in total. The maximum absolute atomic E-state index is 13.2. The largest absolute Gasteiger partial charge is 0.510 e. The highest BCUT2D eigenvalue weighted by atomic mass is 16.3. The first kappa shape index (κ1) is 43.1. The van der Waals surface area contributed by atoms with E-state index in [0.717, 1.165) is 25.7 Å². The number of ketones is 1. The van der Waals surface area contributed by atoms with Gasteiger partial charge in [-0.05, 0) is 25.3 Å². The van der Waals surface area contributed by atoms with Crippen LogP contribution in [-0.4, -0.2) is 33.8 Å². The summed E-state index contributed by atoms with van der Waals surface area (Å²) in [6, 6.07) is 0. The van der Waals surface area contributed by atoms with Crippen molar-refractivity contribution in [3.63, 3.8) is 0 Å². The van der Waals surface area contributed by atoms with Gasteiger partial charge in [0.2, 0.25) is 0 Å². The average molecular weight is 623 g/mol. The van der Waals surface area contributed by atoms with Gasteiger partial charge in [0.1, 0.15) is 17.6 Å². The molecule has 0 saturated carbocycles. The SMILES string of the molecule is CCCCCCCCCCCCCCCCC(CCCCCCCCCCCCCCCC)C(=O)C/C(C)=C(\O)C(O)CO. The van der Waals surface area contributed by atoms with Gasteiger partial charge < -0.3 is 15.3 Å². The zero-order valence-corrected chi connectivity index (χ0v) is 30.0. The van der Waals surface area contributed by atoms with E-state index in [2.05, 4.69) is 13.8 Å². The second-order valence-corrected chi connectivity index (χ2v) is 14.0. The molecule has 0 aliphatic rings. The third-order valence-electron chi connectivity index (χ3n) is 9.63.